The maximum absolute atomic E-state index is 6.58. The minimum Gasteiger partial charge on any atom is -0.437 e. The molecule has 0 atom stereocenters. The lowest BCUT2D eigenvalue weighted by Gasteiger charge is -2.14. The van der Waals surface area contributed by atoms with Crippen molar-refractivity contribution in [2.24, 2.45) is 0 Å². The Kier molecular flexibility index (Phi) is 6.49. The molecule has 14 aromatic rings. The fourth-order valence-electron chi connectivity index (χ4n) is 10.3. The summed E-state index contributed by atoms with van der Waals surface area (Å²) >= 11 is 0. The molecule has 0 fully saturated rings. The minimum absolute atomic E-state index is 0.561. The molecule has 0 spiro atoms. The number of rotatable bonds is 3. The second kappa shape index (κ2) is 12.1. The fourth-order valence-corrected chi connectivity index (χ4v) is 10.3. The van der Waals surface area contributed by atoms with Gasteiger partial charge in [0.1, 0.15) is 5.58 Å². The molecule has 0 saturated heterocycles. The van der Waals surface area contributed by atoms with Crippen LogP contribution < -0.4 is 0 Å². The number of fused-ring (bicyclic) bond motifs is 17. The maximum atomic E-state index is 6.58. The Balaban J connectivity index is 1.10. The summed E-state index contributed by atoms with van der Waals surface area (Å²) in [4.78, 5) is 10.8. The first kappa shape index (κ1) is 32.7. The predicted octanol–water partition coefficient (Wildman–Crippen LogP) is 14.8. The van der Waals surface area contributed by atoms with Crippen LogP contribution in [0.5, 0.6) is 0 Å². The van der Waals surface area contributed by atoms with Gasteiger partial charge in [0.2, 0.25) is 11.7 Å². The van der Waals surface area contributed by atoms with Crippen molar-refractivity contribution in [3.05, 3.63) is 194 Å². The Labute approximate surface area is 347 Å². The highest BCUT2D eigenvalue weighted by molar-refractivity contribution is 6.28. The van der Waals surface area contributed by atoms with Gasteiger partial charge in [0.25, 0.3) is 0 Å². The summed E-state index contributed by atoms with van der Waals surface area (Å²) in [5.41, 5.74) is 8.67. The average Bonchev–Trinajstić information content (AvgIpc) is 3.99. The van der Waals surface area contributed by atoms with Gasteiger partial charge in [0, 0.05) is 38.2 Å². The van der Waals surface area contributed by atoms with Crippen molar-refractivity contribution in [1.29, 1.82) is 0 Å². The molecule has 10 aromatic carbocycles. The van der Waals surface area contributed by atoms with Crippen LogP contribution in [0.25, 0.3) is 132 Å². The molecule has 0 bridgehead atoms. The average molecular weight is 777 g/mol. The van der Waals surface area contributed by atoms with Crippen molar-refractivity contribution < 1.29 is 4.42 Å². The zero-order chi connectivity index (χ0) is 39.8. The molecular formula is C56H32N4O. The number of furan rings is 1. The summed E-state index contributed by atoms with van der Waals surface area (Å²) in [7, 11) is 0. The van der Waals surface area contributed by atoms with Crippen molar-refractivity contribution >= 4 is 109 Å². The smallest absolute Gasteiger partial charge is 0.238 e. The highest BCUT2D eigenvalue weighted by atomic mass is 16.3. The number of para-hydroxylation sites is 3. The normalized spacial score (nSPS) is 12.3. The lowest BCUT2D eigenvalue weighted by Crippen LogP contribution is -2.03. The van der Waals surface area contributed by atoms with E-state index in [0.29, 0.717) is 11.7 Å². The molecule has 61 heavy (non-hydrogen) atoms. The van der Waals surface area contributed by atoms with Gasteiger partial charge in [-0.3, -0.25) is 4.57 Å². The van der Waals surface area contributed by atoms with E-state index in [9.17, 15) is 0 Å². The second-order valence-electron chi connectivity index (χ2n) is 16.1. The van der Waals surface area contributed by atoms with Gasteiger partial charge in [-0.15, -0.1) is 0 Å². The number of benzene rings is 10. The topological polar surface area (TPSA) is 48.8 Å². The van der Waals surface area contributed by atoms with E-state index < -0.39 is 0 Å². The molecule has 0 saturated carbocycles. The fraction of sp³-hybridized carbons (Fsp3) is 0. The Morgan fingerprint density at radius 1 is 0.361 bits per heavy atom. The van der Waals surface area contributed by atoms with Gasteiger partial charge in [-0.05, 0) is 85.6 Å². The van der Waals surface area contributed by atoms with Gasteiger partial charge in [0.15, 0.2) is 0 Å². The third-order valence-corrected chi connectivity index (χ3v) is 12.9. The van der Waals surface area contributed by atoms with Crippen molar-refractivity contribution in [3.8, 4) is 22.9 Å². The molecule has 0 aliphatic carbocycles. The van der Waals surface area contributed by atoms with Crippen LogP contribution in [0.4, 0.5) is 0 Å². The SMILES string of the molecule is c1ccc2cc(-c3nc(-n4c5ccccc5c5c4ccc4c6ccccc6n(-c6ccc7c8ccccc8c8ccccc8c7c6)c45)nc4oc5ccccc5c34)ccc2c1. The van der Waals surface area contributed by atoms with Crippen molar-refractivity contribution in [1.82, 2.24) is 19.1 Å². The second-order valence-corrected chi connectivity index (χ2v) is 16.1. The lowest BCUT2D eigenvalue weighted by molar-refractivity contribution is 0.651. The first-order chi connectivity index (χ1) is 30.3. The van der Waals surface area contributed by atoms with Crippen molar-refractivity contribution in [2.75, 3.05) is 0 Å². The van der Waals surface area contributed by atoms with Gasteiger partial charge >= 0.3 is 0 Å². The number of hydrogen-bond donors (Lipinski definition) is 0. The largest absolute Gasteiger partial charge is 0.437 e. The third kappa shape index (κ3) is 4.49. The van der Waals surface area contributed by atoms with E-state index in [1.807, 2.05) is 18.2 Å². The van der Waals surface area contributed by atoms with Crippen LogP contribution >= 0.6 is 0 Å². The standard InChI is InChI=1S/C56H32N4O/c1-2-14-34-31-35(26-25-33(34)13-1)53-52-45-21-9-12-24-50(45)61-55(52)58-56(57-53)60-48-23-11-8-20-44(48)51-49(60)30-29-43-42-19-7-10-22-47(42)59(54(43)51)36-27-28-41-39-17-4-3-15-37(39)38-16-5-6-18-40(38)46(41)32-36/h1-32H. The van der Waals surface area contributed by atoms with E-state index in [2.05, 4.69) is 185 Å². The van der Waals surface area contributed by atoms with Crippen LogP contribution in [-0.4, -0.2) is 19.1 Å². The van der Waals surface area contributed by atoms with Crippen LogP contribution in [0, 0.1) is 0 Å². The zero-order valence-corrected chi connectivity index (χ0v) is 32.7. The van der Waals surface area contributed by atoms with Gasteiger partial charge in [-0.25, -0.2) is 4.98 Å². The molecular weight excluding hydrogens is 745 g/mol. The molecule has 0 amide bonds. The Morgan fingerprint density at radius 2 is 0.951 bits per heavy atom. The summed E-state index contributed by atoms with van der Waals surface area (Å²) in [6, 6.07) is 69.7. The highest BCUT2D eigenvalue weighted by Gasteiger charge is 2.24. The summed E-state index contributed by atoms with van der Waals surface area (Å²) in [5.74, 6) is 0.562. The van der Waals surface area contributed by atoms with E-state index in [-0.39, 0.29) is 0 Å². The van der Waals surface area contributed by atoms with Crippen LogP contribution in [-0.2, 0) is 0 Å². The Hall–Kier alpha value is -8.28. The number of nitrogens with zero attached hydrogens (tertiary/aromatic N) is 4. The van der Waals surface area contributed by atoms with Crippen LogP contribution in [0.3, 0.4) is 0 Å². The van der Waals surface area contributed by atoms with E-state index >= 15 is 0 Å². The van der Waals surface area contributed by atoms with Crippen LogP contribution in [0.1, 0.15) is 0 Å². The maximum Gasteiger partial charge on any atom is 0.238 e. The summed E-state index contributed by atoms with van der Waals surface area (Å²) in [5, 5.41) is 16.5. The van der Waals surface area contributed by atoms with E-state index in [1.165, 1.54) is 48.5 Å². The molecule has 5 nitrogen and oxygen atoms in total. The molecule has 4 aromatic heterocycles. The summed E-state index contributed by atoms with van der Waals surface area (Å²) < 4.78 is 11.3. The van der Waals surface area contributed by atoms with Gasteiger partial charge in [-0.1, -0.05) is 152 Å². The van der Waals surface area contributed by atoms with E-state index in [0.717, 1.165) is 71.5 Å². The predicted molar refractivity (Wildman–Crippen MR) is 253 cm³/mol. The van der Waals surface area contributed by atoms with E-state index in [1.54, 1.807) is 0 Å². The highest BCUT2D eigenvalue weighted by Crippen LogP contribution is 2.44. The summed E-state index contributed by atoms with van der Waals surface area (Å²) in [6.45, 7) is 0. The van der Waals surface area contributed by atoms with E-state index in [4.69, 9.17) is 14.4 Å². The molecule has 0 radical (unpaired) electrons. The molecule has 5 heteroatoms. The minimum atomic E-state index is 0.561. The monoisotopic (exact) mass is 776 g/mol. The number of aromatic nitrogens is 4. The first-order valence-electron chi connectivity index (χ1n) is 20.7. The summed E-state index contributed by atoms with van der Waals surface area (Å²) in [6.07, 6.45) is 0. The Morgan fingerprint density at radius 3 is 1.72 bits per heavy atom. The van der Waals surface area contributed by atoms with Crippen molar-refractivity contribution in [2.45, 2.75) is 0 Å². The molecule has 14 rings (SSSR count). The first-order valence-corrected chi connectivity index (χ1v) is 20.7. The molecule has 0 unspecified atom stereocenters. The molecule has 0 aliphatic rings. The molecule has 4 heterocycles. The number of hydrogen-bond acceptors (Lipinski definition) is 3. The third-order valence-electron chi connectivity index (χ3n) is 12.9. The molecule has 0 N–H and O–H groups in total. The quantitative estimate of drug-likeness (QED) is 0.168. The molecule has 0 aliphatic heterocycles. The van der Waals surface area contributed by atoms with Crippen molar-refractivity contribution in [3.63, 3.8) is 0 Å². The van der Waals surface area contributed by atoms with Crippen LogP contribution in [0.2, 0.25) is 0 Å². The van der Waals surface area contributed by atoms with Crippen LogP contribution in [0.15, 0.2) is 199 Å². The zero-order valence-electron chi connectivity index (χ0n) is 32.7. The molecule has 282 valence electrons. The van der Waals surface area contributed by atoms with Gasteiger partial charge in [0.05, 0.1) is 33.1 Å². The van der Waals surface area contributed by atoms with Gasteiger partial charge in [-0.2, -0.15) is 4.98 Å². The van der Waals surface area contributed by atoms with Gasteiger partial charge < -0.3 is 8.98 Å². The lowest BCUT2D eigenvalue weighted by atomic mass is 9.94. The Bertz CT molecular complexity index is 4150.